The maximum Gasteiger partial charge on any atom is 0.152 e. The SMILES string of the molecule is CN(CCc1ccccc1)c1ncnc2c(F)cc(F)cc12. The van der Waals surface area contributed by atoms with Gasteiger partial charge >= 0.3 is 0 Å². The van der Waals surface area contributed by atoms with Crippen molar-refractivity contribution < 1.29 is 8.78 Å². The van der Waals surface area contributed by atoms with Crippen molar-refractivity contribution in [2.24, 2.45) is 0 Å². The lowest BCUT2D eigenvalue weighted by molar-refractivity contribution is 0.590. The average molecular weight is 299 g/mol. The van der Waals surface area contributed by atoms with E-state index in [1.807, 2.05) is 42.3 Å². The Bertz CT molecular complexity index is 791. The molecule has 0 radical (unpaired) electrons. The van der Waals surface area contributed by atoms with Gasteiger partial charge in [-0.3, -0.25) is 0 Å². The summed E-state index contributed by atoms with van der Waals surface area (Å²) in [6, 6.07) is 12.1. The molecule has 1 heterocycles. The number of nitrogens with zero attached hydrogens (tertiary/aromatic N) is 3. The molecule has 0 amide bonds. The van der Waals surface area contributed by atoms with Crippen molar-refractivity contribution in [1.29, 1.82) is 0 Å². The van der Waals surface area contributed by atoms with Crippen molar-refractivity contribution in [3.05, 3.63) is 66.0 Å². The predicted octanol–water partition coefficient (Wildman–Crippen LogP) is 3.59. The Labute approximate surface area is 127 Å². The van der Waals surface area contributed by atoms with Gasteiger partial charge in [0.2, 0.25) is 0 Å². The molecule has 0 unspecified atom stereocenters. The van der Waals surface area contributed by atoms with Gasteiger partial charge in [-0.05, 0) is 18.1 Å². The fourth-order valence-corrected chi connectivity index (χ4v) is 2.43. The van der Waals surface area contributed by atoms with Crippen LogP contribution in [0.3, 0.4) is 0 Å². The van der Waals surface area contributed by atoms with Crippen LogP contribution < -0.4 is 4.90 Å². The Morgan fingerprint density at radius 1 is 1.05 bits per heavy atom. The van der Waals surface area contributed by atoms with E-state index in [0.717, 1.165) is 12.5 Å². The maximum absolute atomic E-state index is 13.8. The average Bonchev–Trinajstić information content (AvgIpc) is 2.53. The summed E-state index contributed by atoms with van der Waals surface area (Å²) in [4.78, 5) is 9.97. The lowest BCUT2D eigenvalue weighted by Crippen LogP contribution is -2.22. The van der Waals surface area contributed by atoms with Gasteiger partial charge in [0.15, 0.2) is 5.82 Å². The number of aromatic nitrogens is 2. The van der Waals surface area contributed by atoms with Crippen LogP contribution in [0.2, 0.25) is 0 Å². The molecule has 0 aliphatic heterocycles. The van der Waals surface area contributed by atoms with Crippen LogP contribution in [-0.4, -0.2) is 23.6 Å². The molecule has 3 rings (SSSR count). The highest BCUT2D eigenvalue weighted by atomic mass is 19.1. The fourth-order valence-electron chi connectivity index (χ4n) is 2.43. The van der Waals surface area contributed by atoms with E-state index in [9.17, 15) is 8.78 Å². The third-order valence-electron chi connectivity index (χ3n) is 3.58. The molecule has 0 aliphatic carbocycles. The minimum absolute atomic E-state index is 0.137. The molecule has 2 aromatic carbocycles. The second-order valence-electron chi connectivity index (χ2n) is 5.14. The molecule has 0 aliphatic rings. The molecule has 0 N–H and O–H groups in total. The summed E-state index contributed by atoms with van der Waals surface area (Å²) in [5.41, 5.74) is 1.34. The van der Waals surface area contributed by atoms with E-state index >= 15 is 0 Å². The molecule has 0 atom stereocenters. The van der Waals surface area contributed by atoms with Crippen molar-refractivity contribution in [1.82, 2.24) is 9.97 Å². The molecule has 3 aromatic rings. The van der Waals surface area contributed by atoms with Crippen LogP contribution in [0.15, 0.2) is 48.8 Å². The van der Waals surface area contributed by atoms with Crippen LogP contribution in [0.25, 0.3) is 10.9 Å². The zero-order chi connectivity index (χ0) is 15.5. The van der Waals surface area contributed by atoms with Gasteiger partial charge in [-0.25, -0.2) is 18.7 Å². The first-order valence-corrected chi connectivity index (χ1v) is 7.00. The number of halogens is 2. The van der Waals surface area contributed by atoms with Crippen molar-refractivity contribution >= 4 is 16.7 Å². The molecule has 1 aromatic heterocycles. The second-order valence-corrected chi connectivity index (χ2v) is 5.14. The summed E-state index contributed by atoms with van der Waals surface area (Å²) in [5, 5.41) is 0.385. The van der Waals surface area contributed by atoms with E-state index in [2.05, 4.69) is 9.97 Å². The van der Waals surface area contributed by atoms with Gasteiger partial charge in [-0.15, -0.1) is 0 Å². The number of likely N-dealkylation sites (N-methyl/N-ethyl adjacent to an activating group) is 1. The Kier molecular flexibility index (Phi) is 3.96. The number of rotatable bonds is 4. The summed E-state index contributed by atoms with van der Waals surface area (Å²) in [6.45, 7) is 0.689. The fraction of sp³-hybridized carbons (Fsp3) is 0.176. The van der Waals surface area contributed by atoms with Crippen molar-refractivity contribution in [3.63, 3.8) is 0 Å². The normalized spacial score (nSPS) is 10.9. The predicted molar refractivity (Wildman–Crippen MR) is 82.9 cm³/mol. The Morgan fingerprint density at radius 2 is 1.82 bits per heavy atom. The molecule has 0 saturated heterocycles. The van der Waals surface area contributed by atoms with Gasteiger partial charge in [-0.2, -0.15) is 0 Å². The van der Waals surface area contributed by atoms with Gasteiger partial charge in [-0.1, -0.05) is 30.3 Å². The zero-order valence-corrected chi connectivity index (χ0v) is 12.1. The summed E-state index contributed by atoms with van der Waals surface area (Å²) in [7, 11) is 1.85. The maximum atomic E-state index is 13.8. The first kappa shape index (κ1) is 14.4. The molecular weight excluding hydrogens is 284 g/mol. The van der Waals surface area contributed by atoms with Crippen molar-refractivity contribution in [3.8, 4) is 0 Å². The number of hydrogen-bond donors (Lipinski definition) is 0. The van der Waals surface area contributed by atoms with Crippen LogP contribution in [0.1, 0.15) is 5.56 Å². The molecule has 0 saturated carbocycles. The van der Waals surface area contributed by atoms with Crippen LogP contribution in [0, 0.1) is 11.6 Å². The van der Waals surface area contributed by atoms with Crippen molar-refractivity contribution in [2.75, 3.05) is 18.5 Å². The van der Waals surface area contributed by atoms with E-state index in [0.29, 0.717) is 17.7 Å². The van der Waals surface area contributed by atoms with Crippen molar-refractivity contribution in [2.45, 2.75) is 6.42 Å². The lowest BCUT2D eigenvalue weighted by Gasteiger charge is -2.19. The first-order valence-electron chi connectivity index (χ1n) is 7.00. The highest BCUT2D eigenvalue weighted by Crippen LogP contribution is 2.25. The number of anilines is 1. The molecule has 5 heteroatoms. The highest BCUT2D eigenvalue weighted by molar-refractivity contribution is 5.89. The van der Waals surface area contributed by atoms with Crippen LogP contribution in [0.5, 0.6) is 0 Å². The van der Waals surface area contributed by atoms with Crippen LogP contribution >= 0.6 is 0 Å². The van der Waals surface area contributed by atoms with Crippen LogP contribution in [0.4, 0.5) is 14.6 Å². The minimum Gasteiger partial charge on any atom is -0.359 e. The van der Waals surface area contributed by atoms with E-state index in [4.69, 9.17) is 0 Å². The van der Waals surface area contributed by atoms with Gasteiger partial charge in [0.25, 0.3) is 0 Å². The largest absolute Gasteiger partial charge is 0.359 e. The Hall–Kier alpha value is -2.56. The topological polar surface area (TPSA) is 29.0 Å². The summed E-state index contributed by atoms with van der Waals surface area (Å²) in [5.74, 6) is -0.771. The Morgan fingerprint density at radius 3 is 2.59 bits per heavy atom. The molecular formula is C17H15F2N3. The second kappa shape index (κ2) is 6.05. The van der Waals surface area contributed by atoms with Crippen LogP contribution in [-0.2, 0) is 6.42 Å². The lowest BCUT2D eigenvalue weighted by atomic mass is 10.1. The Balaban J connectivity index is 1.89. The standard InChI is InChI=1S/C17H15F2N3/c1-22(8-7-12-5-3-2-4-6-12)17-14-9-13(18)10-15(19)16(14)20-11-21-17/h2-6,9-11H,7-8H2,1H3. The highest BCUT2D eigenvalue weighted by Gasteiger charge is 2.13. The van der Waals surface area contributed by atoms with E-state index in [1.54, 1.807) is 0 Å². The molecule has 3 nitrogen and oxygen atoms in total. The van der Waals surface area contributed by atoms with E-state index in [1.165, 1.54) is 18.0 Å². The van der Waals surface area contributed by atoms with Gasteiger partial charge in [0.1, 0.15) is 23.5 Å². The zero-order valence-electron chi connectivity index (χ0n) is 12.1. The molecule has 0 spiro atoms. The monoisotopic (exact) mass is 299 g/mol. The number of hydrogen-bond acceptors (Lipinski definition) is 3. The quantitative estimate of drug-likeness (QED) is 0.737. The third kappa shape index (κ3) is 2.88. The molecule has 22 heavy (non-hydrogen) atoms. The summed E-state index contributed by atoms with van der Waals surface area (Å²) < 4.78 is 27.3. The van der Waals surface area contributed by atoms with E-state index < -0.39 is 11.6 Å². The van der Waals surface area contributed by atoms with Gasteiger partial charge in [0, 0.05) is 25.0 Å². The first-order chi connectivity index (χ1) is 10.6. The summed E-state index contributed by atoms with van der Waals surface area (Å²) >= 11 is 0. The van der Waals surface area contributed by atoms with Gasteiger partial charge in [0.05, 0.1) is 0 Å². The van der Waals surface area contributed by atoms with E-state index in [-0.39, 0.29) is 5.52 Å². The molecule has 112 valence electrons. The number of benzene rings is 2. The van der Waals surface area contributed by atoms with Gasteiger partial charge < -0.3 is 4.90 Å². The smallest absolute Gasteiger partial charge is 0.152 e. The number of fused-ring (bicyclic) bond motifs is 1. The summed E-state index contributed by atoms with van der Waals surface area (Å²) in [6.07, 6.45) is 2.12. The minimum atomic E-state index is -0.671. The molecule has 0 bridgehead atoms. The third-order valence-corrected chi connectivity index (χ3v) is 3.58. The molecule has 0 fully saturated rings.